The molecular formula is C11H22N2O. The van der Waals surface area contributed by atoms with Crippen LogP contribution >= 0.6 is 0 Å². The third-order valence-electron chi connectivity index (χ3n) is 3.03. The highest BCUT2D eigenvalue weighted by Gasteiger charge is 2.17. The van der Waals surface area contributed by atoms with E-state index >= 15 is 0 Å². The summed E-state index contributed by atoms with van der Waals surface area (Å²) in [5.41, 5.74) is 0. The zero-order valence-corrected chi connectivity index (χ0v) is 9.31. The lowest BCUT2D eigenvalue weighted by atomic mass is 10.1. The fourth-order valence-electron chi connectivity index (χ4n) is 1.88. The summed E-state index contributed by atoms with van der Waals surface area (Å²) in [6.07, 6.45) is 7.49. The Bertz CT molecular complexity index is 174. The molecule has 0 spiro atoms. The predicted molar refractivity (Wildman–Crippen MR) is 58.2 cm³/mol. The minimum Gasteiger partial charge on any atom is -0.352 e. The Hall–Kier alpha value is -0.570. The Morgan fingerprint density at radius 3 is 2.29 bits per heavy atom. The van der Waals surface area contributed by atoms with Crippen LogP contribution in [0.25, 0.3) is 0 Å². The molecule has 1 aliphatic rings. The maximum absolute atomic E-state index is 11.6. The maximum atomic E-state index is 11.6. The van der Waals surface area contributed by atoms with Gasteiger partial charge in [0.25, 0.3) is 0 Å². The van der Waals surface area contributed by atoms with Crippen LogP contribution in [0.4, 0.5) is 0 Å². The SMILES string of the molecule is CNC(C)C(=O)NC1CCCCCC1. The Kier molecular flexibility index (Phi) is 4.94. The first-order valence-electron chi connectivity index (χ1n) is 5.71. The van der Waals surface area contributed by atoms with Gasteiger partial charge in [0.05, 0.1) is 6.04 Å². The predicted octanol–water partition coefficient (Wildman–Crippen LogP) is 1.43. The van der Waals surface area contributed by atoms with Gasteiger partial charge in [0, 0.05) is 6.04 Å². The second kappa shape index (κ2) is 6.02. The standard InChI is InChI=1S/C11H22N2O/c1-9(12-2)11(14)13-10-7-5-3-4-6-8-10/h9-10,12H,3-8H2,1-2H3,(H,13,14). The zero-order valence-electron chi connectivity index (χ0n) is 9.31. The number of rotatable bonds is 3. The van der Waals surface area contributed by atoms with Crippen molar-refractivity contribution in [3.63, 3.8) is 0 Å². The van der Waals surface area contributed by atoms with Crippen LogP contribution in [0.5, 0.6) is 0 Å². The smallest absolute Gasteiger partial charge is 0.237 e. The van der Waals surface area contributed by atoms with Crippen molar-refractivity contribution in [1.82, 2.24) is 10.6 Å². The van der Waals surface area contributed by atoms with Gasteiger partial charge in [-0.3, -0.25) is 4.79 Å². The van der Waals surface area contributed by atoms with Gasteiger partial charge in [-0.2, -0.15) is 0 Å². The van der Waals surface area contributed by atoms with Gasteiger partial charge in [-0.05, 0) is 26.8 Å². The van der Waals surface area contributed by atoms with Crippen LogP contribution in [0, 0.1) is 0 Å². The fraction of sp³-hybridized carbons (Fsp3) is 0.909. The Balaban J connectivity index is 2.30. The lowest BCUT2D eigenvalue weighted by molar-refractivity contribution is -0.123. The summed E-state index contributed by atoms with van der Waals surface area (Å²) in [5, 5.41) is 6.07. The summed E-state index contributed by atoms with van der Waals surface area (Å²) in [4.78, 5) is 11.6. The van der Waals surface area contributed by atoms with Gasteiger partial charge in [-0.1, -0.05) is 25.7 Å². The number of hydrogen-bond donors (Lipinski definition) is 2. The van der Waals surface area contributed by atoms with Crippen molar-refractivity contribution in [2.24, 2.45) is 0 Å². The van der Waals surface area contributed by atoms with E-state index in [1.807, 2.05) is 14.0 Å². The third-order valence-corrected chi connectivity index (χ3v) is 3.03. The van der Waals surface area contributed by atoms with Crippen LogP contribution in [0.2, 0.25) is 0 Å². The molecule has 1 rings (SSSR count). The first kappa shape index (κ1) is 11.5. The van der Waals surface area contributed by atoms with Crippen molar-refractivity contribution >= 4 is 5.91 Å². The first-order chi connectivity index (χ1) is 6.74. The maximum Gasteiger partial charge on any atom is 0.237 e. The number of carbonyl (C=O) groups excluding carboxylic acids is 1. The molecule has 0 heterocycles. The van der Waals surface area contributed by atoms with E-state index in [0.29, 0.717) is 6.04 Å². The Labute approximate surface area is 86.6 Å². The summed E-state index contributed by atoms with van der Waals surface area (Å²) in [6, 6.07) is 0.346. The monoisotopic (exact) mass is 198 g/mol. The lowest BCUT2D eigenvalue weighted by Crippen LogP contribution is -2.45. The van der Waals surface area contributed by atoms with Crippen LogP contribution in [-0.2, 0) is 4.79 Å². The van der Waals surface area contributed by atoms with E-state index < -0.39 is 0 Å². The van der Waals surface area contributed by atoms with Crippen LogP contribution in [-0.4, -0.2) is 25.0 Å². The number of likely N-dealkylation sites (N-methyl/N-ethyl adjacent to an activating group) is 1. The van der Waals surface area contributed by atoms with E-state index in [4.69, 9.17) is 0 Å². The molecular weight excluding hydrogens is 176 g/mol. The minimum atomic E-state index is -0.0711. The van der Waals surface area contributed by atoms with Gasteiger partial charge in [-0.25, -0.2) is 0 Å². The summed E-state index contributed by atoms with van der Waals surface area (Å²) in [7, 11) is 1.82. The molecule has 3 nitrogen and oxygen atoms in total. The molecule has 1 amide bonds. The number of carbonyl (C=O) groups is 1. The van der Waals surface area contributed by atoms with Crippen molar-refractivity contribution in [2.75, 3.05) is 7.05 Å². The normalized spacial score (nSPS) is 21.3. The molecule has 1 aliphatic carbocycles. The molecule has 2 N–H and O–H groups in total. The molecule has 0 bridgehead atoms. The highest BCUT2D eigenvalue weighted by atomic mass is 16.2. The van der Waals surface area contributed by atoms with E-state index in [-0.39, 0.29) is 11.9 Å². The molecule has 3 heteroatoms. The van der Waals surface area contributed by atoms with Gasteiger partial charge >= 0.3 is 0 Å². The molecule has 0 aliphatic heterocycles. The summed E-state index contributed by atoms with van der Waals surface area (Å²) >= 11 is 0. The lowest BCUT2D eigenvalue weighted by Gasteiger charge is -2.18. The Morgan fingerprint density at radius 2 is 1.79 bits per heavy atom. The van der Waals surface area contributed by atoms with E-state index in [1.54, 1.807) is 0 Å². The zero-order chi connectivity index (χ0) is 10.4. The van der Waals surface area contributed by atoms with Crippen molar-refractivity contribution in [3.8, 4) is 0 Å². The molecule has 82 valence electrons. The number of amides is 1. The molecule has 1 unspecified atom stereocenters. The van der Waals surface area contributed by atoms with Crippen LogP contribution < -0.4 is 10.6 Å². The number of hydrogen-bond acceptors (Lipinski definition) is 2. The Morgan fingerprint density at radius 1 is 1.21 bits per heavy atom. The molecule has 0 aromatic rings. The average molecular weight is 198 g/mol. The van der Waals surface area contributed by atoms with Gasteiger partial charge in [0.15, 0.2) is 0 Å². The third kappa shape index (κ3) is 3.66. The van der Waals surface area contributed by atoms with E-state index in [9.17, 15) is 4.79 Å². The fourth-order valence-corrected chi connectivity index (χ4v) is 1.88. The number of nitrogens with one attached hydrogen (secondary N) is 2. The van der Waals surface area contributed by atoms with E-state index in [2.05, 4.69) is 10.6 Å². The second-order valence-electron chi connectivity index (χ2n) is 4.21. The molecule has 14 heavy (non-hydrogen) atoms. The highest BCUT2D eigenvalue weighted by molar-refractivity contribution is 5.81. The second-order valence-corrected chi connectivity index (χ2v) is 4.21. The van der Waals surface area contributed by atoms with Crippen LogP contribution in [0.3, 0.4) is 0 Å². The van der Waals surface area contributed by atoms with Crippen LogP contribution in [0.1, 0.15) is 45.4 Å². The molecule has 0 radical (unpaired) electrons. The summed E-state index contributed by atoms with van der Waals surface area (Å²) < 4.78 is 0. The molecule has 1 atom stereocenters. The van der Waals surface area contributed by atoms with Gasteiger partial charge in [-0.15, -0.1) is 0 Å². The molecule has 1 saturated carbocycles. The van der Waals surface area contributed by atoms with Crippen molar-refractivity contribution in [3.05, 3.63) is 0 Å². The largest absolute Gasteiger partial charge is 0.352 e. The molecule has 0 aromatic heterocycles. The van der Waals surface area contributed by atoms with Gasteiger partial charge in [0.1, 0.15) is 0 Å². The van der Waals surface area contributed by atoms with Crippen molar-refractivity contribution in [1.29, 1.82) is 0 Å². The van der Waals surface area contributed by atoms with E-state index in [0.717, 1.165) is 12.8 Å². The summed E-state index contributed by atoms with van der Waals surface area (Å²) in [6.45, 7) is 1.89. The first-order valence-corrected chi connectivity index (χ1v) is 5.71. The minimum absolute atomic E-state index is 0.0711. The topological polar surface area (TPSA) is 41.1 Å². The van der Waals surface area contributed by atoms with E-state index in [1.165, 1.54) is 25.7 Å². The van der Waals surface area contributed by atoms with Crippen molar-refractivity contribution < 1.29 is 4.79 Å². The average Bonchev–Trinajstić information content (AvgIpc) is 2.45. The molecule has 0 aromatic carbocycles. The van der Waals surface area contributed by atoms with Crippen molar-refractivity contribution in [2.45, 2.75) is 57.5 Å². The molecule has 1 fully saturated rings. The highest BCUT2D eigenvalue weighted by Crippen LogP contribution is 2.17. The quantitative estimate of drug-likeness (QED) is 0.674. The van der Waals surface area contributed by atoms with Crippen LogP contribution in [0.15, 0.2) is 0 Å². The molecule has 0 saturated heterocycles. The van der Waals surface area contributed by atoms with Gasteiger partial charge < -0.3 is 10.6 Å². The van der Waals surface area contributed by atoms with Gasteiger partial charge in [0.2, 0.25) is 5.91 Å². The summed E-state index contributed by atoms with van der Waals surface area (Å²) in [5.74, 6) is 0.138.